The lowest BCUT2D eigenvalue weighted by Crippen LogP contribution is -2.22. The summed E-state index contributed by atoms with van der Waals surface area (Å²) in [6, 6.07) is 10.5. The lowest BCUT2D eigenvalue weighted by Gasteiger charge is -2.27. The van der Waals surface area contributed by atoms with E-state index in [4.69, 9.17) is 5.73 Å². The van der Waals surface area contributed by atoms with Crippen LogP contribution in [0.5, 0.6) is 0 Å². The zero-order chi connectivity index (χ0) is 14.7. The Hall–Kier alpha value is -1.94. The summed E-state index contributed by atoms with van der Waals surface area (Å²) < 4.78 is 13.8. The molecule has 0 saturated carbocycles. The van der Waals surface area contributed by atoms with Crippen molar-refractivity contribution in [1.29, 1.82) is 0 Å². The summed E-state index contributed by atoms with van der Waals surface area (Å²) in [4.78, 5) is 6.33. The smallest absolute Gasteiger partial charge is 0.128 e. The zero-order valence-corrected chi connectivity index (χ0v) is 12.0. The van der Waals surface area contributed by atoms with E-state index in [2.05, 4.69) is 4.98 Å². The monoisotopic (exact) mass is 273 g/mol. The van der Waals surface area contributed by atoms with Gasteiger partial charge in [-0.15, -0.1) is 0 Å². The van der Waals surface area contributed by atoms with Crippen molar-refractivity contribution in [3.8, 4) is 0 Å². The van der Waals surface area contributed by atoms with Crippen LogP contribution in [0.15, 0.2) is 42.6 Å². The number of nitrogens with zero attached hydrogens (tertiary/aromatic N) is 2. The van der Waals surface area contributed by atoms with Gasteiger partial charge in [-0.05, 0) is 32.0 Å². The first kappa shape index (κ1) is 14.5. The van der Waals surface area contributed by atoms with Gasteiger partial charge in [0.25, 0.3) is 0 Å². The molecule has 0 aliphatic heterocycles. The highest BCUT2D eigenvalue weighted by molar-refractivity contribution is 5.46. The summed E-state index contributed by atoms with van der Waals surface area (Å²) in [5.41, 5.74) is 8.24. The molecular formula is C16H20FN3. The highest BCUT2D eigenvalue weighted by Crippen LogP contribution is 2.26. The Bertz CT molecular complexity index is 566. The van der Waals surface area contributed by atoms with Gasteiger partial charge in [-0.3, -0.25) is 4.98 Å². The molecule has 2 atom stereocenters. The number of halogens is 1. The SMILES string of the molecule is CC(c1ccccc1F)N(C)c1ccc([C@H](C)N)nc1. The molecule has 2 rings (SSSR count). The average Bonchev–Trinajstić information content (AvgIpc) is 2.46. The predicted octanol–water partition coefficient (Wildman–Crippen LogP) is 3.44. The molecule has 0 saturated heterocycles. The van der Waals surface area contributed by atoms with Gasteiger partial charge in [0.15, 0.2) is 0 Å². The maximum atomic E-state index is 13.8. The first-order valence-electron chi connectivity index (χ1n) is 6.69. The van der Waals surface area contributed by atoms with Gasteiger partial charge >= 0.3 is 0 Å². The molecular weight excluding hydrogens is 253 g/mol. The van der Waals surface area contributed by atoms with Crippen LogP contribution in [0.1, 0.15) is 37.2 Å². The maximum Gasteiger partial charge on any atom is 0.128 e. The van der Waals surface area contributed by atoms with Crippen molar-refractivity contribution in [2.45, 2.75) is 25.9 Å². The van der Waals surface area contributed by atoms with Crippen LogP contribution in [0.4, 0.5) is 10.1 Å². The Labute approximate surface area is 119 Å². The van der Waals surface area contributed by atoms with Crippen LogP contribution in [0.25, 0.3) is 0 Å². The summed E-state index contributed by atoms with van der Waals surface area (Å²) in [7, 11) is 1.93. The van der Waals surface area contributed by atoms with Crippen molar-refractivity contribution in [1.82, 2.24) is 4.98 Å². The number of aromatic nitrogens is 1. The van der Waals surface area contributed by atoms with Crippen LogP contribution in [0.2, 0.25) is 0 Å². The number of hydrogen-bond donors (Lipinski definition) is 1. The van der Waals surface area contributed by atoms with Gasteiger partial charge in [0.1, 0.15) is 5.82 Å². The second-order valence-electron chi connectivity index (χ2n) is 5.04. The molecule has 0 bridgehead atoms. The van der Waals surface area contributed by atoms with Gasteiger partial charge in [-0.1, -0.05) is 18.2 Å². The molecule has 4 heteroatoms. The van der Waals surface area contributed by atoms with Crippen LogP contribution in [0, 0.1) is 5.82 Å². The standard InChI is InChI=1S/C16H20FN3/c1-11(18)16-9-8-13(10-19-16)20(3)12(2)14-6-4-5-7-15(14)17/h4-12H,18H2,1-3H3/t11-,12?/m0/s1. The van der Waals surface area contributed by atoms with Gasteiger partial charge in [0.2, 0.25) is 0 Å². The molecule has 0 aliphatic rings. The molecule has 1 heterocycles. The Kier molecular flexibility index (Phi) is 4.35. The third kappa shape index (κ3) is 2.96. The Balaban J connectivity index is 2.22. The van der Waals surface area contributed by atoms with Gasteiger partial charge in [-0.25, -0.2) is 4.39 Å². The molecule has 2 N–H and O–H groups in total. The van der Waals surface area contributed by atoms with E-state index in [1.165, 1.54) is 6.07 Å². The fourth-order valence-corrected chi connectivity index (χ4v) is 2.12. The number of anilines is 1. The molecule has 0 fully saturated rings. The molecule has 0 spiro atoms. The minimum Gasteiger partial charge on any atom is -0.366 e. The van der Waals surface area contributed by atoms with Gasteiger partial charge in [0, 0.05) is 18.7 Å². The summed E-state index contributed by atoms with van der Waals surface area (Å²) in [6.07, 6.45) is 1.77. The Morgan fingerprint density at radius 2 is 1.85 bits per heavy atom. The highest BCUT2D eigenvalue weighted by Gasteiger charge is 2.16. The van der Waals surface area contributed by atoms with Gasteiger partial charge < -0.3 is 10.6 Å². The molecule has 2 aromatic rings. The average molecular weight is 273 g/mol. The van der Waals surface area contributed by atoms with Crippen molar-refractivity contribution in [2.24, 2.45) is 5.73 Å². The predicted molar refractivity (Wildman–Crippen MR) is 80.1 cm³/mol. The lowest BCUT2D eigenvalue weighted by atomic mass is 10.1. The topological polar surface area (TPSA) is 42.1 Å². The van der Waals surface area contributed by atoms with Crippen LogP contribution in [-0.2, 0) is 0 Å². The first-order chi connectivity index (χ1) is 9.50. The van der Waals surface area contributed by atoms with Crippen LogP contribution < -0.4 is 10.6 Å². The van der Waals surface area contributed by atoms with Crippen LogP contribution >= 0.6 is 0 Å². The van der Waals surface area contributed by atoms with E-state index in [1.807, 2.05) is 44.0 Å². The first-order valence-corrected chi connectivity index (χ1v) is 6.69. The van der Waals surface area contributed by atoms with Gasteiger partial charge in [0.05, 0.1) is 23.6 Å². The lowest BCUT2D eigenvalue weighted by molar-refractivity contribution is 0.585. The van der Waals surface area contributed by atoms with E-state index >= 15 is 0 Å². The second-order valence-corrected chi connectivity index (χ2v) is 5.04. The van der Waals surface area contributed by atoms with E-state index < -0.39 is 0 Å². The maximum absolute atomic E-state index is 13.8. The number of benzene rings is 1. The fraction of sp³-hybridized carbons (Fsp3) is 0.312. The van der Waals surface area contributed by atoms with E-state index in [9.17, 15) is 4.39 Å². The van der Waals surface area contributed by atoms with Crippen LogP contribution in [-0.4, -0.2) is 12.0 Å². The third-order valence-electron chi connectivity index (χ3n) is 3.58. The van der Waals surface area contributed by atoms with E-state index in [-0.39, 0.29) is 17.9 Å². The molecule has 3 nitrogen and oxygen atoms in total. The van der Waals surface area contributed by atoms with E-state index in [0.29, 0.717) is 5.56 Å². The quantitative estimate of drug-likeness (QED) is 0.928. The summed E-state index contributed by atoms with van der Waals surface area (Å²) in [6.45, 7) is 3.87. The molecule has 0 amide bonds. The largest absolute Gasteiger partial charge is 0.366 e. The minimum atomic E-state index is -0.188. The molecule has 1 aromatic carbocycles. The van der Waals surface area contributed by atoms with Crippen molar-refractivity contribution in [3.05, 3.63) is 59.7 Å². The number of pyridine rings is 1. The zero-order valence-electron chi connectivity index (χ0n) is 12.0. The van der Waals surface area contributed by atoms with Crippen molar-refractivity contribution < 1.29 is 4.39 Å². The number of hydrogen-bond acceptors (Lipinski definition) is 3. The second kappa shape index (κ2) is 6.01. The molecule has 106 valence electrons. The normalized spacial score (nSPS) is 13.8. The number of rotatable bonds is 4. The Morgan fingerprint density at radius 3 is 2.40 bits per heavy atom. The molecule has 20 heavy (non-hydrogen) atoms. The molecule has 1 unspecified atom stereocenters. The summed E-state index contributed by atoms with van der Waals surface area (Å²) >= 11 is 0. The molecule has 1 aromatic heterocycles. The number of nitrogens with two attached hydrogens (primary N) is 1. The van der Waals surface area contributed by atoms with Crippen LogP contribution in [0.3, 0.4) is 0 Å². The fourth-order valence-electron chi connectivity index (χ4n) is 2.12. The van der Waals surface area contributed by atoms with E-state index in [1.54, 1.807) is 18.3 Å². The van der Waals surface area contributed by atoms with Crippen molar-refractivity contribution in [2.75, 3.05) is 11.9 Å². The third-order valence-corrected chi connectivity index (χ3v) is 3.58. The van der Waals surface area contributed by atoms with E-state index in [0.717, 1.165) is 11.4 Å². The Morgan fingerprint density at radius 1 is 1.15 bits per heavy atom. The van der Waals surface area contributed by atoms with Crippen molar-refractivity contribution >= 4 is 5.69 Å². The summed E-state index contributed by atoms with van der Waals surface area (Å²) in [5.74, 6) is -0.188. The highest BCUT2D eigenvalue weighted by atomic mass is 19.1. The molecule has 0 aliphatic carbocycles. The van der Waals surface area contributed by atoms with Gasteiger partial charge in [-0.2, -0.15) is 0 Å². The molecule has 0 radical (unpaired) electrons. The van der Waals surface area contributed by atoms with Crippen molar-refractivity contribution in [3.63, 3.8) is 0 Å². The summed E-state index contributed by atoms with van der Waals surface area (Å²) in [5, 5.41) is 0. The minimum absolute atomic E-state index is 0.0702.